The first-order valence-electron chi connectivity index (χ1n) is 4.17. The molecule has 1 atom stereocenters. The molecule has 70 valence electrons. The zero-order valence-electron chi connectivity index (χ0n) is 6.99. The summed E-state index contributed by atoms with van der Waals surface area (Å²) < 4.78 is 0. The van der Waals surface area contributed by atoms with Crippen LogP contribution in [-0.2, 0) is 4.79 Å². The Hall–Kier alpha value is -0.650. The minimum atomic E-state index is -0.922. The predicted molar refractivity (Wildman–Crippen MR) is 44.4 cm³/mol. The summed E-state index contributed by atoms with van der Waals surface area (Å²) >= 11 is 0. The van der Waals surface area contributed by atoms with Crippen LogP contribution in [0.25, 0.3) is 0 Å². The van der Waals surface area contributed by atoms with E-state index in [2.05, 4.69) is 5.43 Å². The van der Waals surface area contributed by atoms with Crippen LogP contribution >= 0.6 is 0 Å². The molecule has 0 aromatic heterocycles. The third-order valence-corrected chi connectivity index (χ3v) is 1.97. The van der Waals surface area contributed by atoms with E-state index in [1.54, 1.807) is 0 Å². The number of hydrogen-bond donors (Lipinski definition) is 3. The summed E-state index contributed by atoms with van der Waals surface area (Å²) in [5, 5.41) is 10.5. The molecule has 0 spiro atoms. The fourth-order valence-electron chi connectivity index (χ4n) is 1.20. The van der Waals surface area contributed by atoms with Gasteiger partial charge >= 0.3 is 5.97 Å². The molecule has 1 saturated heterocycles. The summed E-state index contributed by atoms with van der Waals surface area (Å²) in [6.07, 6.45) is 1.63. The smallest absolute Gasteiger partial charge is 0.320 e. The largest absolute Gasteiger partial charge is 0.480 e. The highest BCUT2D eigenvalue weighted by Crippen LogP contribution is 1.98. The van der Waals surface area contributed by atoms with Gasteiger partial charge in [0.1, 0.15) is 6.04 Å². The number of carboxylic acid groups (broad SMARTS) is 1. The van der Waals surface area contributed by atoms with Crippen LogP contribution in [0.1, 0.15) is 12.8 Å². The lowest BCUT2D eigenvalue weighted by Crippen LogP contribution is -2.38. The summed E-state index contributed by atoms with van der Waals surface area (Å²) in [4.78, 5) is 10.3. The van der Waals surface area contributed by atoms with Crippen molar-refractivity contribution in [1.29, 1.82) is 0 Å². The highest BCUT2D eigenvalue weighted by atomic mass is 16.4. The standard InChI is InChI=1S/C7H15N3O2/c8-6(7(11)12)2-5-10-4-1-3-9-10/h6,9H,1-5,8H2,(H,11,12). The summed E-state index contributed by atoms with van der Waals surface area (Å²) in [5.41, 5.74) is 8.48. The monoisotopic (exact) mass is 173 g/mol. The van der Waals surface area contributed by atoms with Gasteiger partial charge in [0.05, 0.1) is 0 Å². The van der Waals surface area contributed by atoms with E-state index in [-0.39, 0.29) is 0 Å². The van der Waals surface area contributed by atoms with Gasteiger partial charge in [-0.2, -0.15) is 0 Å². The van der Waals surface area contributed by atoms with Crippen LogP contribution in [0.2, 0.25) is 0 Å². The molecular formula is C7H15N3O2. The number of aliphatic carboxylic acids is 1. The fraction of sp³-hybridized carbons (Fsp3) is 0.857. The molecule has 0 aliphatic carbocycles. The predicted octanol–water partition coefficient (Wildman–Crippen LogP) is -1.00. The second-order valence-electron chi connectivity index (χ2n) is 2.98. The SMILES string of the molecule is NC(CCN1CCCN1)C(=O)O. The molecule has 1 aliphatic heterocycles. The lowest BCUT2D eigenvalue weighted by molar-refractivity contribution is -0.138. The molecule has 5 nitrogen and oxygen atoms in total. The molecule has 12 heavy (non-hydrogen) atoms. The van der Waals surface area contributed by atoms with Crippen molar-refractivity contribution < 1.29 is 9.90 Å². The van der Waals surface area contributed by atoms with Crippen LogP contribution in [0.5, 0.6) is 0 Å². The molecule has 5 heteroatoms. The van der Waals surface area contributed by atoms with Gasteiger partial charge in [-0.1, -0.05) is 0 Å². The Bertz CT molecular complexity index is 157. The molecule has 1 heterocycles. The lowest BCUT2D eigenvalue weighted by atomic mass is 10.2. The van der Waals surface area contributed by atoms with E-state index in [4.69, 9.17) is 10.8 Å². The number of hydrogen-bond acceptors (Lipinski definition) is 4. The number of nitrogens with two attached hydrogens (primary N) is 1. The van der Waals surface area contributed by atoms with Gasteiger partial charge in [0.15, 0.2) is 0 Å². The lowest BCUT2D eigenvalue weighted by Gasteiger charge is -2.15. The van der Waals surface area contributed by atoms with Gasteiger partial charge in [0.25, 0.3) is 0 Å². The zero-order valence-corrected chi connectivity index (χ0v) is 6.99. The normalized spacial score (nSPS) is 21.1. The molecule has 0 aromatic rings. The minimum Gasteiger partial charge on any atom is -0.480 e. The van der Waals surface area contributed by atoms with Crippen LogP contribution in [0.15, 0.2) is 0 Å². The van der Waals surface area contributed by atoms with Crippen LogP contribution in [0.4, 0.5) is 0 Å². The fourth-order valence-corrected chi connectivity index (χ4v) is 1.20. The molecule has 0 amide bonds. The third kappa shape index (κ3) is 2.77. The Morgan fingerprint density at radius 1 is 1.75 bits per heavy atom. The van der Waals surface area contributed by atoms with E-state index in [9.17, 15) is 4.79 Å². The zero-order chi connectivity index (χ0) is 8.97. The Morgan fingerprint density at radius 2 is 2.50 bits per heavy atom. The van der Waals surface area contributed by atoms with Crippen LogP contribution in [0.3, 0.4) is 0 Å². The van der Waals surface area contributed by atoms with Crippen LogP contribution < -0.4 is 11.2 Å². The van der Waals surface area contributed by atoms with Gasteiger partial charge in [-0.15, -0.1) is 0 Å². The Labute approximate surface area is 71.5 Å². The number of rotatable bonds is 4. The van der Waals surface area contributed by atoms with Crippen molar-refractivity contribution in [3.8, 4) is 0 Å². The van der Waals surface area contributed by atoms with Crippen molar-refractivity contribution in [2.24, 2.45) is 5.73 Å². The number of carboxylic acids is 1. The second-order valence-corrected chi connectivity index (χ2v) is 2.98. The van der Waals surface area contributed by atoms with Crippen molar-refractivity contribution in [1.82, 2.24) is 10.4 Å². The molecule has 1 aliphatic rings. The first-order valence-corrected chi connectivity index (χ1v) is 4.17. The molecule has 1 fully saturated rings. The van der Waals surface area contributed by atoms with Gasteiger partial charge in [-0.05, 0) is 12.8 Å². The first kappa shape index (κ1) is 9.44. The van der Waals surface area contributed by atoms with Crippen molar-refractivity contribution in [3.05, 3.63) is 0 Å². The summed E-state index contributed by atoms with van der Waals surface area (Å²) in [5.74, 6) is -0.922. The second kappa shape index (κ2) is 4.39. The molecule has 0 bridgehead atoms. The third-order valence-electron chi connectivity index (χ3n) is 1.97. The van der Waals surface area contributed by atoms with E-state index in [1.807, 2.05) is 5.01 Å². The van der Waals surface area contributed by atoms with Crippen molar-refractivity contribution >= 4 is 5.97 Å². The molecule has 1 unspecified atom stereocenters. The average molecular weight is 173 g/mol. The van der Waals surface area contributed by atoms with Gasteiger partial charge in [-0.3, -0.25) is 10.2 Å². The average Bonchev–Trinajstić information content (AvgIpc) is 2.51. The topological polar surface area (TPSA) is 78.6 Å². The van der Waals surface area contributed by atoms with E-state index >= 15 is 0 Å². The van der Waals surface area contributed by atoms with E-state index in [0.717, 1.165) is 19.5 Å². The molecular weight excluding hydrogens is 158 g/mol. The molecule has 0 aromatic carbocycles. The van der Waals surface area contributed by atoms with E-state index in [0.29, 0.717) is 13.0 Å². The number of hydrazine groups is 1. The van der Waals surface area contributed by atoms with Crippen LogP contribution in [-0.4, -0.2) is 41.8 Å². The van der Waals surface area contributed by atoms with Gasteiger partial charge in [0.2, 0.25) is 0 Å². The summed E-state index contributed by atoms with van der Waals surface area (Å²) in [6, 6.07) is -0.729. The Morgan fingerprint density at radius 3 is 3.00 bits per heavy atom. The van der Waals surface area contributed by atoms with Crippen molar-refractivity contribution in [2.45, 2.75) is 18.9 Å². The van der Waals surface area contributed by atoms with Crippen LogP contribution in [0, 0.1) is 0 Å². The minimum absolute atomic E-state index is 0.502. The van der Waals surface area contributed by atoms with Crippen molar-refractivity contribution in [2.75, 3.05) is 19.6 Å². The first-order chi connectivity index (χ1) is 5.70. The Balaban J connectivity index is 2.11. The maximum absolute atomic E-state index is 10.3. The Kier molecular flexibility index (Phi) is 3.46. The van der Waals surface area contributed by atoms with Gasteiger partial charge in [0, 0.05) is 19.6 Å². The molecule has 0 radical (unpaired) electrons. The number of carbonyl (C=O) groups is 1. The van der Waals surface area contributed by atoms with E-state index in [1.165, 1.54) is 0 Å². The van der Waals surface area contributed by atoms with Gasteiger partial charge < -0.3 is 10.8 Å². The highest BCUT2D eigenvalue weighted by molar-refractivity contribution is 5.72. The number of nitrogens with one attached hydrogen (secondary N) is 1. The van der Waals surface area contributed by atoms with Gasteiger partial charge in [-0.25, -0.2) is 5.01 Å². The summed E-state index contributed by atoms with van der Waals surface area (Å²) in [7, 11) is 0. The number of nitrogens with zero attached hydrogens (tertiary/aromatic N) is 1. The molecule has 0 saturated carbocycles. The highest BCUT2D eigenvalue weighted by Gasteiger charge is 2.15. The quantitative estimate of drug-likeness (QED) is 0.508. The molecule has 4 N–H and O–H groups in total. The maximum atomic E-state index is 10.3. The molecule has 1 rings (SSSR count). The summed E-state index contributed by atoms with van der Waals surface area (Å²) in [6.45, 7) is 2.70. The maximum Gasteiger partial charge on any atom is 0.320 e. The van der Waals surface area contributed by atoms with Crippen molar-refractivity contribution in [3.63, 3.8) is 0 Å². The van der Waals surface area contributed by atoms with E-state index < -0.39 is 12.0 Å².